The summed E-state index contributed by atoms with van der Waals surface area (Å²) in [6, 6.07) is 3.42. The molecule has 1 aromatic carbocycles. The van der Waals surface area contributed by atoms with Crippen LogP contribution in [0.2, 0.25) is 0 Å². The highest BCUT2D eigenvalue weighted by Crippen LogP contribution is 2.66. The number of aromatic nitrogens is 4. The van der Waals surface area contributed by atoms with Crippen LogP contribution in [0.3, 0.4) is 0 Å². The van der Waals surface area contributed by atoms with Crippen LogP contribution in [0, 0.1) is 0 Å². The Kier molecular flexibility index (Phi) is 11.5. The second-order valence-electron chi connectivity index (χ2n) is 9.02. The molecule has 0 bridgehead atoms. The largest absolute Gasteiger partial charge is 0.496 e. The molecule has 2 aromatic heterocycles. The average Bonchev–Trinajstić information content (AvgIpc) is 3.56. The predicted molar refractivity (Wildman–Crippen MR) is 155 cm³/mol. The summed E-state index contributed by atoms with van der Waals surface area (Å²) in [5.74, 6) is 2.22. The quantitative estimate of drug-likeness (QED) is 0.0807. The number of nitrogens with zero attached hydrogens (tertiary/aromatic N) is 4. The Morgan fingerprint density at radius 2 is 1.69 bits per heavy atom. The highest BCUT2D eigenvalue weighted by Gasteiger charge is 2.43. The molecule has 2 unspecified atom stereocenters. The number of thioether (sulfide) groups is 1. The molecule has 3 aromatic rings. The van der Waals surface area contributed by atoms with Crippen LogP contribution in [0.15, 0.2) is 24.8 Å². The number of benzene rings is 1. The predicted octanol–water partition coefficient (Wildman–Crippen LogP) is 2.34. The Balaban J connectivity index is 1.47. The second kappa shape index (κ2) is 14.6. The number of methoxy groups -OCH3 is 3. The van der Waals surface area contributed by atoms with Crippen LogP contribution in [-0.2, 0) is 42.1 Å². The minimum absolute atomic E-state index is 0.0879. The van der Waals surface area contributed by atoms with Gasteiger partial charge in [-0.1, -0.05) is 0 Å². The molecular weight excluding hydrogens is 687 g/mol. The molecule has 6 N–H and O–H groups in total. The molecule has 20 nitrogen and oxygen atoms in total. The van der Waals surface area contributed by atoms with E-state index in [1.807, 2.05) is 0 Å². The first-order valence-electron chi connectivity index (χ1n) is 12.5. The third-order valence-electron chi connectivity index (χ3n) is 6.12. The standard InChI is InChI=1S/C21H30N5O15P3S/c1-34-12-4-14(35-2)13(15(5-12)36-3)8-45-11-37-16-6-18(26-10-25-19-20(22)23-9-24-21(19)26)39-17(16)7-38-43(30,31)41-44(32,33)40-42(27,28)29/h4-5,9-10,16-18H,6-8,11H2,1-3H3,(H,30,31)(H,32,33)(H2,22,23,24)(H2,27,28,29)/t16-,17-,18-/m1/s1. The minimum atomic E-state index is -5.71. The van der Waals surface area contributed by atoms with Gasteiger partial charge in [-0.25, -0.2) is 28.6 Å². The molecule has 24 heteroatoms. The zero-order valence-electron chi connectivity index (χ0n) is 23.8. The van der Waals surface area contributed by atoms with E-state index in [4.69, 9.17) is 43.7 Å². The van der Waals surface area contributed by atoms with Gasteiger partial charge in [-0.05, 0) is 0 Å². The van der Waals surface area contributed by atoms with Gasteiger partial charge in [0.2, 0.25) is 0 Å². The lowest BCUT2D eigenvalue weighted by atomic mass is 10.2. The summed E-state index contributed by atoms with van der Waals surface area (Å²) in [6.07, 6.45) is 0.183. The van der Waals surface area contributed by atoms with Crippen molar-refractivity contribution in [3.63, 3.8) is 0 Å². The number of phosphoric ester groups is 1. The minimum Gasteiger partial charge on any atom is -0.496 e. The van der Waals surface area contributed by atoms with Gasteiger partial charge >= 0.3 is 23.5 Å². The zero-order valence-corrected chi connectivity index (χ0v) is 27.3. The number of nitrogens with two attached hydrogens (primary N) is 1. The lowest BCUT2D eigenvalue weighted by Gasteiger charge is -2.21. The van der Waals surface area contributed by atoms with Gasteiger partial charge in [0.25, 0.3) is 0 Å². The molecule has 5 atom stereocenters. The first-order valence-corrected chi connectivity index (χ1v) is 18.2. The summed E-state index contributed by atoms with van der Waals surface area (Å²) in [5.41, 5.74) is 7.27. The van der Waals surface area contributed by atoms with Crippen LogP contribution in [0.5, 0.6) is 17.2 Å². The number of anilines is 1. The van der Waals surface area contributed by atoms with E-state index in [-0.39, 0.29) is 18.2 Å². The number of ether oxygens (including phenoxy) is 5. The monoisotopic (exact) mass is 717 g/mol. The first-order chi connectivity index (χ1) is 21.1. The summed E-state index contributed by atoms with van der Waals surface area (Å²) in [4.78, 5) is 49.2. The van der Waals surface area contributed by atoms with E-state index in [1.54, 1.807) is 16.7 Å². The van der Waals surface area contributed by atoms with Crippen molar-refractivity contribution in [1.82, 2.24) is 19.5 Å². The maximum absolute atomic E-state index is 12.4. The van der Waals surface area contributed by atoms with Crippen LogP contribution in [0.25, 0.3) is 11.2 Å². The highest BCUT2D eigenvalue weighted by atomic mass is 32.2. The van der Waals surface area contributed by atoms with E-state index >= 15 is 0 Å². The molecule has 4 rings (SSSR count). The van der Waals surface area contributed by atoms with Crippen molar-refractivity contribution in [1.29, 1.82) is 0 Å². The van der Waals surface area contributed by atoms with Crippen molar-refractivity contribution in [2.45, 2.75) is 30.6 Å². The molecule has 1 aliphatic rings. The van der Waals surface area contributed by atoms with Gasteiger partial charge in [0.1, 0.15) is 41.4 Å². The van der Waals surface area contributed by atoms with Gasteiger partial charge in [-0.2, -0.15) is 8.62 Å². The fourth-order valence-electron chi connectivity index (χ4n) is 4.25. The van der Waals surface area contributed by atoms with E-state index in [0.29, 0.717) is 34.2 Å². The summed E-state index contributed by atoms with van der Waals surface area (Å²) in [7, 11) is -12.2. The number of fused-ring (bicyclic) bond motifs is 1. The number of hydrogen-bond acceptors (Lipinski definition) is 16. The molecule has 0 saturated carbocycles. The number of rotatable bonds is 16. The average molecular weight is 717 g/mol. The highest BCUT2D eigenvalue weighted by molar-refractivity contribution is 7.98. The molecule has 0 aliphatic carbocycles. The molecule has 0 spiro atoms. The van der Waals surface area contributed by atoms with Gasteiger partial charge in [-0.15, -0.1) is 11.8 Å². The SMILES string of the molecule is COc1cc(OC)c(CSCO[C@@H]2C[C@H](n3cnc4c(N)ncnc43)O[C@@H]2COP(=O)(O)OP(=O)(O)OP(=O)(O)O)c(OC)c1. The van der Waals surface area contributed by atoms with Crippen molar-refractivity contribution in [3.8, 4) is 17.2 Å². The Hall–Kier alpha value is -2.35. The maximum Gasteiger partial charge on any atom is 0.490 e. The van der Waals surface area contributed by atoms with Crippen molar-refractivity contribution >= 4 is 52.2 Å². The molecule has 1 aliphatic heterocycles. The third kappa shape index (κ3) is 9.36. The van der Waals surface area contributed by atoms with Crippen LogP contribution in [0.4, 0.5) is 5.82 Å². The Labute approximate surface area is 259 Å². The number of hydrogen-bond donors (Lipinski definition) is 5. The summed E-state index contributed by atoms with van der Waals surface area (Å²) < 4.78 is 77.2. The fraction of sp³-hybridized carbons (Fsp3) is 0.476. The maximum atomic E-state index is 12.4. The van der Waals surface area contributed by atoms with Crippen LogP contribution in [0.1, 0.15) is 18.2 Å². The second-order valence-corrected chi connectivity index (χ2v) is 14.4. The molecule has 1 fully saturated rings. The lowest BCUT2D eigenvalue weighted by molar-refractivity contribution is -0.0523. The van der Waals surface area contributed by atoms with Crippen molar-refractivity contribution < 1.29 is 70.1 Å². The number of phosphoric acid groups is 3. The Bertz CT molecular complexity index is 1620. The normalized spacial score (nSPS) is 21.4. The number of nitrogen functional groups attached to an aromatic ring is 1. The van der Waals surface area contributed by atoms with E-state index in [9.17, 15) is 23.5 Å². The molecule has 45 heavy (non-hydrogen) atoms. The van der Waals surface area contributed by atoms with Crippen LogP contribution < -0.4 is 19.9 Å². The van der Waals surface area contributed by atoms with E-state index in [2.05, 4.69) is 23.6 Å². The third-order valence-corrected chi connectivity index (χ3v) is 10.7. The topological polar surface area (TPSA) is 276 Å². The number of imidazole rings is 1. The molecule has 250 valence electrons. The molecule has 0 amide bonds. The summed E-state index contributed by atoms with van der Waals surface area (Å²) >= 11 is 1.34. The smallest absolute Gasteiger partial charge is 0.490 e. The van der Waals surface area contributed by atoms with Gasteiger partial charge in [0.05, 0.1) is 46.3 Å². The molecule has 3 heterocycles. The fourth-order valence-corrected chi connectivity index (χ4v) is 8.12. The Morgan fingerprint density at radius 3 is 2.31 bits per heavy atom. The van der Waals surface area contributed by atoms with Crippen molar-refractivity contribution in [3.05, 3.63) is 30.4 Å². The van der Waals surface area contributed by atoms with Crippen molar-refractivity contribution in [2.75, 3.05) is 39.6 Å². The van der Waals surface area contributed by atoms with Gasteiger partial charge in [0, 0.05) is 29.9 Å². The Morgan fingerprint density at radius 1 is 1.00 bits per heavy atom. The van der Waals surface area contributed by atoms with Gasteiger partial charge in [0.15, 0.2) is 11.5 Å². The van der Waals surface area contributed by atoms with Gasteiger partial charge in [-0.3, -0.25) is 9.09 Å². The molecule has 0 radical (unpaired) electrons. The lowest BCUT2D eigenvalue weighted by Crippen LogP contribution is -2.29. The van der Waals surface area contributed by atoms with Gasteiger partial charge < -0.3 is 49.0 Å². The summed E-state index contributed by atoms with van der Waals surface area (Å²) in [5, 5.41) is 0. The van der Waals surface area contributed by atoms with Crippen molar-refractivity contribution in [2.24, 2.45) is 0 Å². The summed E-state index contributed by atoms with van der Waals surface area (Å²) in [6.45, 7) is -0.723. The van der Waals surface area contributed by atoms with E-state index in [0.717, 1.165) is 5.56 Å². The van der Waals surface area contributed by atoms with E-state index in [1.165, 1.54) is 45.7 Å². The van der Waals surface area contributed by atoms with Crippen LogP contribution >= 0.6 is 35.2 Å². The first kappa shape index (κ1) is 35.5. The molecular formula is C21H30N5O15P3S. The van der Waals surface area contributed by atoms with E-state index < -0.39 is 48.5 Å². The van der Waals surface area contributed by atoms with Crippen LogP contribution in [-0.4, -0.2) is 85.2 Å². The zero-order chi connectivity index (χ0) is 33.0. The molecule has 1 saturated heterocycles.